The third kappa shape index (κ3) is 3.35. The van der Waals surface area contributed by atoms with Gasteiger partial charge in [-0.1, -0.05) is 51.1 Å². The minimum absolute atomic E-state index is 0.630. The van der Waals surface area contributed by atoms with E-state index in [1.54, 1.807) is 0 Å². The van der Waals surface area contributed by atoms with Gasteiger partial charge < -0.3 is 5.32 Å². The fourth-order valence-corrected chi connectivity index (χ4v) is 3.12. The molecule has 1 nitrogen and oxygen atoms in total. The highest BCUT2D eigenvalue weighted by molar-refractivity contribution is 5.16. The highest BCUT2D eigenvalue weighted by Crippen LogP contribution is 2.31. The van der Waals surface area contributed by atoms with Crippen LogP contribution >= 0.6 is 0 Å². The van der Waals surface area contributed by atoms with Gasteiger partial charge in [-0.25, -0.2) is 0 Å². The summed E-state index contributed by atoms with van der Waals surface area (Å²) in [6.45, 7) is 7.10. The first-order valence-corrected chi connectivity index (χ1v) is 7.50. The summed E-state index contributed by atoms with van der Waals surface area (Å²) in [5, 5.41) is 3.89. The molecule has 0 radical (unpaired) electrons. The lowest BCUT2D eigenvalue weighted by Crippen LogP contribution is -2.41. The van der Waals surface area contributed by atoms with Gasteiger partial charge in [0.25, 0.3) is 0 Å². The molecule has 0 saturated heterocycles. The monoisotopic (exact) mass is 245 g/mol. The van der Waals surface area contributed by atoms with Gasteiger partial charge in [0.15, 0.2) is 0 Å². The Balaban J connectivity index is 1.90. The van der Waals surface area contributed by atoms with Crippen LogP contribution in [0.1, 0.15) is 45.6 Å². The maximum Gasteiger partial charge on any atom is 0.0108 e. The Morgan fingerprint density at radius 2 is 1.89 bits per heavy atom. The Labute approximate surface area is 112 Å². The summed E-state index contributed by atoms with van der Waals surface area (Å²) in [5.41, 5.74) is 1.45. The van der Waals surface area contributed by atoms with Gasteiger partial charge >= 0.3 is 0 Å². The molecule has 0 spiro atoms. The highest BCUT2D eigenvalue weighted by Gasteiger charge is 2.30. The minimum atomic E-state index is 0.630. The van der Waals surface area contributed by atoms with Gasteiger partial charge in [-0.15, -0.1) is 0 Å². The Hall–Kier alpha value is -0.820. The fraction of sp³-hybridized carbons (Fsp3) is 0.647. The van der Waals surface area contributed by atoms with Crippen molar-refractivity contribution in [3.63, 3.8) is 0 Å². The zero-order chi connectivity index (χ0) is 13.0. The molecule has 1 fully saturated rings. The Bertz CT molecular complexity index is 346. The predicted molar refractivity (Wildman–Crippen MR) is 78.7 cm³/mol. The number of hydrogen-bond donors (Lipinski definition) is 1. The lowest BCUT2D eigenvalue weighted by Gasteiger charge is -2.26. The molecule has 1 N–H and O–H groups in total. The first kappa shape index (κ1) is 13.6. The van der Waals surface area contributed by atoms with E-state index in [0.29, 0.717) is 6.04 Å². The Morgan fingerprint density at radius 3 is 2.44 bits per heavy atom. The van der Waals surface area contributed by atoms with Crippen molar-refractivity contribution in [1.29, 1.82) is 0 Å². The van der Waals surface area contributed by atoms with Crippen molar-refractivity contribution >= 4 is 0 Å². The SMILES string of the molecule is CCC(Cc1ccccc1)NC1CCC(C)C1C. The molecule has 4 unspecified atom stereocenters. The van der Waals surface area contributed by atoms with Gasteiger partial charge in [0.05, 0.1) is 0 Å². The molecule has 1 aliphatic rings. The summed E-state index contributed by atoms with van der Waals surface area (Å²) >= 11 is 0. The van der Waals surface area contributed by atoms with Gasteiger partial charge in [-0.05, 0) is 43.1 Å². The average Bonchev–Trinajstić information content (AvgIpc) is 2.71. The lowest BCUT2D eigenvalue weighted by molar-refractivity contribution is 0.331. The smallest absolute Gasteiger partial charge is 0.0108 e. The fourth-order valence-electron chi connectivity index (χ4n) is 3.12. The molecule has 1 aromatic carbocycles. The predicted octanol–water partition coefficient (Wildman–Crippen LogP) is 4.03. The summed E-state index contributed by atoms with van der Waals surface area (Å²) < 4.78 is 0. The van der Waals surface area contributed by atoms with E-state index in [-0.39, 0.29) is 0 Å². The highest BCUT2D eigenvalue weighted by atomic mass is 15.0. The topological polar surface area (TPSA) is 12.0 Å². The molecule has 100 valence electrons. The van der Waals surface area contributed by atoms with Crippen LogP contribution in [0.2, 0.25) is 0 Å². The maximum absolute atomic E-state index is 3.89. The van der Waals surface area contributed by atoms with E-state index in [1.807, 2.05) is 0 Å². The summed E-state index contributed by atoms with van der Waals surface area (Å²) in [4.78, 5) is 0. The van der Waals surface area contributed by atoms with Crippen molar-refractivity contribution in [2.24, 2.45) is 11.8 Å². The second-order valence-corrected chi connectivity index (χ2v) is 5.98. The third-order valence-corrected chi connectivity index (χ3v) is 4.73. The van der Waals surface area contributed by atoms with E-state index in [4.69, 9.17) is 0 Å². The van der Waals surface area contributed by atoms with Crippen LogP contribution in [0, 0.1) is 11.8 Å². The van der Waals surface area contributed by atoms with Gasteiger partial charge in [-0.3, -0.25) is 0 Å². The number of rotatable bonds is 5. The Morgan fingerprint density at radius 1 is 1.17 bits per heavy atom. The van der Waals surface area contributed by atoms with Gasteiger partial charge in [0, 0.05) is 12.1 Å². The molecule has 1 aromatic rings. The molecule has 4 atom stereocenters. The molecule has 1 aliphatic carbocycles. The largest absolute Gasteiger partial charge is 0.311 e. The van der Waals surface area contributed by atoms with Crippen molar-refractivity contribution in [2.45, 2.75) is 58.5 Å². The first-order valence-electron chi connectivity index (χ1n) is 7.50. The van der Waals surface area contributed by atoms with Crippen molar-refractivity contribution in [1.82, 2.24) is 5.32 Å². The molecule has 0 aromatic heterocycles. The van der Waals surface area contributed by atoms with Crippen molar-refractivity contribution in [2.75, 3.05) is 0 Å². The molecule has 0 bridgehead atoms. The standard InChI is InChI=1S/C17H27N/c1-4-16(12-15-8-6-5-7-9-15)18-17-11-10-13(2)14(17)3/h5-9,13-14,16-18H,4,10-12H2,1-3H3. The van der Waals surface area contributed by atoms with Gasteiger partial charge in [0.2, 0.25) is 0 Å². The third-order valence-electron chi connectivity index (χ3n) is 4.73. The van der Waals surface area contributed by atoms with Crippen LogP contribution in [0.3, 0.4) is 0 Å². The van der Waals surface area contributed by atoms with E-state index in [2.05, 4.69) is 56.4 Å². The maximum atomic E-state index is 3.89. The molecule has 0 heterocycles. The van der Waals surface area contributed by atoms with E-state index in [1.165, 1.54) is 24.8 Å². The average molecular weight is 245 g/mol. The molecule has 2 rings (SSSR count). The zero-order valence-corrected chi connectivity index (χ0v) is 12.0. The summed E-state index contributed by atoms with van der Waals surface area (Å²) in [6, 6.07) is 12.2. The van der Waals surface area contributed by atoms with Crippen LogP contribution < -0.4 is 5.32 Å². The summed E-state index contributed by atoms with van der Waals surface area (Å²) in [5.74, 6) is 1.71. The second kappa shape index (κ2) is 6.38. The van der Waals surface area contributed by atoms with Crippen LogP contribution in [0.25, 0.3) is 0 Å². The van der Waals surface area contributed by atoms with E-state index >= 15 is 0 Å². The van der Waals surface area contributed by atoms with Gasteiger partial charge in [0.1, 0.15) is 0 Å². The van der Waals surface area contributed by atoms with Crippen LogP contribution in [0.5, 0.6) is 0 Å². The zero-order valence-electron chi connectivity index (χ0n) is 12.0. The number of benzene rings is 1. The van der Waals surface area contributed by atoms with Crippen LogP contribution in [-0.2, 0) is 6.42 Å². The van der Waals surface area contributed by atoms with Crippen LogP contribution in [0.4, 0.5) is 0 Å². The normalized spacial score (nSPS) is 29.4. The second-order valence-electron chi connectivity index (χ2n) is 5.98. The quantitative estimate of drug-likeness (QED) is 0.826. The van der Waals surface area contributed by atoms with Crippen LogP contribution in [0.15, 0.2) is 30.3 Å². The molecular formula is C17H27N. The van der Waals surface area contributed by atoms with E-state index < -0.39 is 0 Å². The Kier molecular flexibility index (Phi) is 4.82. The summed E-state index contributed by atoms with van der Waals surface area (Å²) in [7, 11) is 0. The first-order chi connectivity index (χ1) is 8.70. The molecule has 1 heteroatoms. The number of hydrogen-bond acceptors (Lipinski definition) is 1. The van der Waals surface area contributed by atoms with Gasteiger partial charge in [-0.2, -0.15) is 0 Å². The van der Waals surface area contributed by atoms with E-state index in [9.17, 15) is 0 Å². The molecular weight excluding hydrogens is 218 g/mol. The van der Waals surface area contributed by atoms with E-state index in [0.717, 1.165) is 24.3 Å². The molecule has 18 heavy (non-hydrogen) atoms. The minimum Gasteiger partial charge on any atom is -0.311 e. The molecule has 1 saturated carbocycles. The lowest BCUT2D eigenvalue weighted by atomic mass is 9.96. The van der Waals surface area contributed by atoms with Crippen molar-refractivity contribution in [3.05, 3.63) is 35.9 Å². The van der Waals surface area contributed by atoms with Crippen LogP contribution in [-0.4, -0.2) is 12.1 Å². The summed E-state index contributed by atoms with van der Waals surface area (Å²) in [6.07, 6.45) is 5.12. The molecule has 0 aliphatic heterocycles. The van der Waals surface area contributed by atoms with Crippen molar-refractivity contribution < 1.29 is 0 Å². The molecule has 0 amide bonds. The van der Waals surface area contributed by atoms with Crippen molar-refractivity contribution in [3.8, 4) is 0 Å². The number of nitrogens with one attached hydrogen (secondary N) is 1.